The van der Waals surface area contributed by atoms with Crippen LogP contribution >= 0.6 is 0 Å². The van der Waals surface area contributed by atoms with E-state index in [9.17, 15) is 13.2 Å². The van der Waals surface area contributed by atoms with Gasteiger partial charge in [0, 0.05) is 30.1 Å². The van der Waals surface area contributed by atoms with Crippen molar-refractivity contribution in [2.24, 2.45) is 0 Å². The number of benzene rings is 3. The standard InChI is InChI=1S/C27H21N3O3S/c1-30(25-13-3-2-4-14-25)34(32,33)26-15-8-10-22(20-26)27(31)29-24-12-7-9-21(19-24)16-17-23-11-5-6-18-28-23/h2-15,18-20H,1H3,(H,29,31). The number of para-hydroxylation sites is 1. The van der Waals surface area contributed by atoms with E-state index in [0.29, 0.717) is 22.6 Å². The smallest absolute Gasteiger partial charge is 0.264 e. The number of carbonyl (C=O) groups excluding carboxylic acids is 1. The third kappa shape index (κ3) is 5.31. The highest BCUT2D eigenvalue weighted by Crippen LogP contribution is 2.23. The third-order valence-corrected chi connectivity index (χ3v) is 6.78. The molecule has 0 aliphatic rings. The number of sulfonamides is 1. The topological polar surface area (TPSA) is 79.4 Å². The Morgan fingerprint density at radius 1 is 0.853 bits per heavy atom. The fourth-order valence-corrected chi connectivity index (χ4v) is 4.43. The monoisotopic (exact) mass is 467 g/mol. The first-order valence-corrected chi connectivity index (χ1v) is 11.9. The Balaban J connectivity index is 1.53. The predicted octanol–water partition coefficient (Wildman–Crippen LogP) is 4.56. The van der Waals surface area contributed by atoms with Crippen LogP contribution in [0, 0.1) is 11.8 Å². The van der Waals surface area contributed by atoms with Crippen molar-refractivity contribution in [3.63, 3.8) is 0 Å². The van der Waals surface area contributed by atoms with Gasteiger partial charge in [-0.15, -0.1) is 0 Å². The molecule has 0 fully saturated rings. The molecule has 0 aliphatic heterocycles. The lowest BCUT2D eigenvalue weighted by atomic mass is 10.1. The first kappa shape index (κ1) is 22.8. The molecule has 1 N–H and O–H groups in total. The zero-order valence-corrected chi connectivity index (χ0v) is 19.2. The molecule has 4 aromatic rings. The zero-order chi connectivity index (χ0) is 24.0. The minimum Gasteiger partial charge on any atom is -0.322 e. The van der Waals surface area contributed by atoms with Crippen molar-refractivity contribution in [2.75, 3.05) is 16.7 Å². The second-order valence-electron chi connectivity index (χ2n) is 7.34. The van der Waals surface area contributed by atoms with Crippen LogP contribution in [-0.4, -0.2) is 26.4 Å². The molecule has 168 valence electrons. The summed E-state index contributed by atoms with van der Waals surface area (Å²) in [4.78, 5) is 17.1. The van der Waals surface area contributed by atoms with E-state index in [1.807, 2.05) is 30.3 Å². The molecule has 1 amide bonds. The van der Waals surface area contributed by atoms with Crippen molar-refractivity contribution >= 4 is 27.3 Å². The molecular formula is C27H21N3O3S. The van der Waals surface area contributed by atoms with E-state index in [1.54, 1.807) is 60.8 Å². The molecule has 0 unspecified atom stereocenters. The maximum Gasteiger partial charge on any atom is 0.264 e. The van der Waals surface area contributed by atoms with Gasteiger partial charge in [-0.3, -0.25) is 9.10 Å². The lowest BCUT2D eigenvalue weighted by molar-refractivity contribution is 0.102. The average Bonchev–Trinajstić information content (AvgIpc) is 2.88. The summed E-state index contributed by atoms with van der Waals surface area (Å²) >= 11 is 0. The van der Waals surface area contributed by atoms with E-state index in [2.05, 4.69) is 22.1 Å². The van der Waals surface area contributed by atoms with Crippen LogP contribution in [0.25, 0.3) is 0 Å². The Kier molecular flexibility index (Phi) is 6.72. The number of anilines is 2. The molecule has 3 aromatic carbocycles. The van der Waals surface area contributed by atoms with Crippen LogP contribution in [0.1, 0.15) is 21.6 Å². The summed E-state index contributed by atoms with van der Waals surface area (Å²) in [6.45, 7) is 0. The Hall–Kier alpha value is -4.41. The highest BCUT2D eigenvalue weighted by Gasteiger charge is 2.22. The highest BCUT2D eigenvalue weighted by atomic mass is 32.2. The van der Waals surface area contributed by atoms with E-state index in [4.69, 9.17) is 0 Å². The second kappa shape index (κ2) is 10.0. The van der Waals surface area contributed by atoms with Crippen LogP contribution in [0.4, 0.5) is 11.4 Å². The number of pyridine rings is 1. The largest absolute Gasteiger partial charge is 0.322 e. The summed E-state index contributed by atoms with van der Waals surface area (Å²) in [7, 11) is -2.35. The molecule has 0 aliphatic carbocycles. The minimum absolute atomic E-state index is 0.0291. The van der Waals surface area contributed by atoms with Crippen LogP contribution < -0.4 is 9.62 Å². The minimum atomic E-state index is -3.83. The van der Waals surface area contributed by atoms with Gasteiger partial charge < -0.3 is 5.32 Å². The third-order valence-electron chi connectivity index (χ3n) is 4.99. The number of nitrogens with one attached hydrogen (secondary N) is 1. The summed E-state index contributed by atoms with van der Waals surface area (Å²) < 4.78 is 27.3. The molecule has 6 nitrogen and oxygen atoms in total. The number of hydrogen-bond acceptors (Lipinski definition) is 4. The zero-order valence-electron chi connectivity index (χ0n) is 18.3. The van der Waals surface area contributed by atoms with E-state index in [1.165, 1.54) is 23.5 Å². The van der Waals surface area contributed by atoms with Gasteiger partial charge in [0.15, 0.2) is 0 Å². The van der Waals surface area contributed by atoms with E-state index in [-0.39, 0.29) is 10.5 Å². The lowest BCUT2D eigenvalue weighted by Gasteiger charge is -2.19. The van der Waals surface area contributed by atoms with Crippen LogP contribution in [0.5, 0.6) is 0 Å². The Bertz CT molecular complexity index is 1480. The number of aromatic nitrogens is 1. The summed E-state index contributed by atoms with van der Waals surface area (Å²) in [5.74, 6) is 5.58. The number of amides is 1. The normalized spacial score (nSPS) is 10.6. The van der Waals surface area contributed by atoms with Crippen LogP contribution in [0.15, 0.2) is 108 Å². The second-order valence-corrected chi connectivity index (χ2v) is 9.31. The summed E-state index contributed by atoms with van der Waals surface area (Å²) in [6, 6.07) is 27.3. The lowest BCUT2D eigenvalue weighted by Crippen LogP contribution is -2.26. The Morgan fingerprint density at radius 3 is 2.38 bits per heavy atom. The molecule has 1 aromatic heterocycles. The van der Waals surface area contributed by atoms with Gasteiger partial charge in [0.2, 0.25) is 0 Å². The van der Waals surface area contributed by atoms with Gasteiger partial charge in [-0.1, -0.05) is 42.3 Å². The van der Waals surface area contributed by atoms with E-state index in [0.717, 1.165) is 0 Å². The van der Waals surface area contributed by atoms with Gasteiger partial charge >= 0.3 is 0 Å². The fraction of sp³-hybridized carbons (Fsp3) is 0.0370. The predicted molar refractivity (Wildman–Crippen MR) is 133 cm³/mol. The molecule has 4 rings (SSSR count). The number of hydrogen-bond donors (Lipinski definition) is 1. The fourth-order valence-electron chi connectivity index (χ4n) is 3.18. The van der Waals surface area contributed by atoms with Crippen molar-refractivity contribution in [1.29, 1.82) is 0 Å². The van der Waals surface area contributed by atoms with Crippen molar-refractivity contribution in [3.8, 4) is 11.8 Å². The molecule has 0 spiro atoms. The molecule has 0 radical (unpaired) electrons. The van der Waals surface area contributed by atoms with Gasteiger partial charge in [-0.2, -0.15) is 0 Å². The molecule has 0 atom stereocenters. The van der Waals surface area contributed by atoms with E-state index >= 15 is 0 Å². The molecule has 0 saturated carbocycles. The van der Waals surface area contributed by atoms with E-state index < -0.39 is 15.9 Å². The number of carbonyl (C=O) groups is 1. The Labute approximate surface area is 199 Å². The summed E-state index contributed by atoms with van der Waals surface area (Å²) in [5, 5.41) is 2.81. The number of nitrogens with zero attached hydrogens (tertiary/aromatic N) is 2. The van der Waals surface area contributed by atoms with Gasteiger partial charge in [0.25, 0.3) is 15.9 Å². The van der Waals surface area contributed by atoms with Crippen molar-refractivity contribution in [2.45, 2.75) is 4.90 Å². The number of rotatable bonds is 5. The molecule has 0 bridgehead atoms. The van der Waals surface area contributed by atoms with Gasteiger partial charge in [-0.05, 0) is 66.6 Å². The summed E-state index contributed by atoms with van der Waals surface area (Å²) in [5.41, 5.74) is 2.67. The first-order chi connectivity index (χ1) is 16.4. The molecule has 7 heteroatoms. The van der Waals surface area contributed by atoms with Crippen molar-refractivity contribution in [3.05, 3.63) is 120 Å². The van der Waals surface area contributed by atoms with Crippen molar-refractivity contribution < 1.29 is 13.2 Å². The van der Waals surface area contributed by atoms with Gasteiger partial charge in [0.05, 0.1) is 10.6 Å². The molecule has 1 heterocycles. The highest BCUT2D eigenvalue weighted by molar-refractivity contribution is 7.92. The maximum atomic E-state index is 13.1. The first-order valence-electron chi connectivity index (χ1n) is 10.4. The quantitative estimate of drug-likeness (QED) is 0.437. The Morgan fingerprint density at radius 2 is 1.62 bits per heavy atom. The molecule has 0 saturated heterocycles. The SMILES string of the molecule is CN(c1ccccc1)S(=O)(=O)c1cccc(C(=O)Nc2cccc(C#Cc3ccccn3)c2)c1. The maximum absolute atomic E-state index is 13.1. The van der Waals surface area contributed by atoms with Crippen LogP contribution in [0.3, 0.4) is 0 Å². The average molecular weight is 468 g/mol. The molecular weight excluding hydrogens is 446 g/mol. The van der Waals surface area contributed by atoms with Gasteiger partial charge in [0.1, 0.15) is 5.69 Å². The van der Waals surface area contributed by atoms with Crippen LogP contribution in [0.2, 0.25) is 0 Å². The van der Waals surface area contributed by atoms with Crippen LogP contribution in [-0.2, 0) is 10.0 Å². The van der Waals surface area contributed by atoms with Crippen molar-refractivity contribution in [1.82, 2.24) is 4.98 Å². The summed E-state index contributed by atoms with van der Waals surface area (Å²) in [6.07, 6.45) is 1.67. The molecule has 34 heavy (non-hydrogen) atoms. The van der Waals surface area contributed by atoms with Gasteiger partial charge in [-0.25, -0.2) is 13.4 Å².